The van der Waals surface area contributed by atoms with Gasteiger partial charge in [0.2, 0.25) is 0 Å². The van der Waals surface area contributed by atoms with Crippen molar-refractivity contribution in [1.82, 2.24) is 4.98 Å². The van der Waals surface area contributed by atoms with Gasteiger partial charge in [0.1, 0.15) is 12.4 Å². The van der Waals surface area contributed by atoms with Crippen molar-refractivity contribution >= 4 is 10.1 Å². The minimum Gasteiger partial charge on any atom is -0.748 e. The van der Waals surface area contributed by atoms with Crippen LogP contribution in [0.15, 0.2) is 12.4 Å². The van der Waals surface area contributed by atoms with Gasteiger partial charge in [0.05, 0.1) is 17.2 Å². The Kier molecular flexibility index (Phi) is 7.86. The summed E-state index contributed by atoms with van der Waals surface area (Å²) >= 11 is 0. The average Bonchev–Trinajstić information content (AvgIpc) is 2.64. The molecule has 0 aliphatic rings. The van der Waals surface area contributed by atoms with Gasteiger partial charge in [-0.1, -0.05) is 27.2 Å². The van der Waals surface area contributed by atoms with Gasteiger partial charge in [0.25, 0.3) is 5.82 Å². The molecule has 18 heavy (non-hydrogen) atoms. The lowest BCUT2D eigenvalue weighted by Crippen LogP contribution is -2.30. The van der Waals surface area contributed by atoms with Crippen LogP contribution in [-0.4, -0.2) is 23.7 Å². The average molecular weight is 276 g/mol. The Morgan fingerprint density at radius 1 is 1.44 bits per heavy atom. The van der Waals surface area contributed by atoms with Gasteiger partial charge in [-0.15, -0.1) is 0 Å². The van der Waals surface area contributed by atoms with Crippen LogP contribution >= 0.6 is 0 Å². The van der Waals surface area contributed by atoms with E-state index in [9.17, 15) is 13.0 Å². The maximum absolute atomic E-state index is 9.44. The molecule has 1 heterocycles. The Morgan fingerprint density at radius 2 is 2.00 bits per heavy atom. The number of hydrogen-bond donors (Lipinski definition) is 1. The lowest BCUT2D eigenvalue weighted by atomic mass is 10.1. The molecule has 1 N–H and O–H groups in total. The summed E-state index contributed by atoms with van der Waals surface area (Å²) in [6.07, 6.45) is 7.82. The fourth-order valence-electron chi connectivity index (χ4n) is 1.36. The summed E-state index contributed by atoms with van der Waals surface area (Å²) in [6, 6.07) is 0. The molecule has 0 amide bonds. The van der Waals surface area contributed by atoms with Gasteiger partial charge in [-0.2, -0.15) is 0 Å². The molecular formula is C12H24N2O3S. The highest BCUT2D eigenvalue weighted by molar-refractivity contribution is 7.85. The summed E-state index contributed by atoms with van der Waals surface area (Å²) in [6.45, 7) is 5.85. The zero-order valence-electron chi connectivity index (χ0n) is 11.6. The summed E-state index contributed by atoms with van der Waals surface area (Å²) in [4.78, 5) is 3.24. The molecule has 1 rings (SSSR count). The normalized spacial score (nSPS) is 11.2. The van der Waals surface area contributed by atoms with E-state index in [1.54, 1.807) is 0 Å². The standard InChI is InChI=1S/C10H18N2.C2H6O3S/c1-9(2)5-4-6-10-11-7-8-12(10)3;1-2-6(3,4)5/h7-9H,4-6H2,1-3H3;2H2,1H3,(H,3,4,5). The van der Waals surface area contributed by atoms with Gasteiger partial charge >= 0.3 is 0 Å². The van der Waals surface area contributed by atoms with Crippen LogP contribution in [0.2, 0.25) is 0 Å². The SMILES string of the molecule is CC(C)CCCc1[nH]cc[n+]1C.CCS(=O)(=O)[O-]. The molecule has 1 aromatic rings. The third-order valence-corrected chi connectivity index (χ3v) is 3.23. The number of nitrogens with zero attached hydrogens (tertiary/aromatic N) is 1. The lowest BCUT2D eigenvalue weighted by Gasteiger charge is -2.00. The van der Waals surface area contributed by atoms with Gasteiger partial charge in [-0.3, -0.25) is 0 Å². The van der Waals surface area contributed by atoms with E-state index in [-0.39, 0.29) is 5.75 Å². The van der Waals surface area contributed by atoms with Crippen LogP contribution in [0.25, 0.3) is 0 Å². The second-order valence-corrected chi connectivity index (χ2v) is 6.34. The van der Waals surface area contributed by atoms with Crippen molar-refractivity contribution in [3.8, 4) is 0 Å². The number of aryl methyl sites for hydroxylation is 2. The molecule has 0 fully saturated rings. The molecule has 0 aromatic carbocycles. The first-order valence-electron chi connectivity index (χ1n) is 6.21. The summed E-state index contributed by atoms with van der Waals surface area (Å²) in [5.74, 6) is 1.84. The number of hydrogen-bond acceptors (Lipinski definition) is 3. The fraction of sp³-hybridized carbons (Fsp3) is 0.750. The van der Waals surface area contributed by atoms with Crippen molar-refractivity contribution in [1.29, 1.82) is 0 Å². The van der Waals surface area contributed by atoms with Crippen molar-refractivity contribution in [2.75, 3.05) is 5.75 Å². The van der Waals surface area contributed by atoms with Gasteiger partial charge < -0.3 is 4.55 Å². The van der Waals surface area contributed by atoms with E-state index in [2.05, 4.69) is 36.6 Å². The Hall–Kier alpha value is -0.880. The van der Waals surface area contributed by atoms with Crippen molar-refractivity contribution in [2.45, 2.75) is 40.0 Å². The predicted octanol–water partition coefficient (Wildman–Crippen LogP) is 1.37. The van der Waals surface area contributed by atoms with Gasteiger partial charge in [0, 0.05) is 12.2 Å². The molecule has 0 radical (unpaired) electrons. The molecular weight excluding hydrogens is 252 g/mol. The first-order chi connectivity index (χ1) is 8.26. The van der Waals surface area contributed by atoms with Gasteiger partial charge in [-0.05, 0) is 12.3 Å². The lowest BCUT2D eigenvalue weighted by molar-refractivity contribution is -0.677. The van der Waals surface area contributed by atoms with Gasteiger partial charge in [0.15, 0.2) is 0 Å². The molecule has 0 saturated heterocycles. The Bertz CT molecular complexity index is 424. The molecule has 106 valence electrons. The molecule has 0 unspecified atom stereocenters. The van der Waals surface area contributed by atoms with E-state index in [0.717, 1.165) is 5.92 Å². The topological polar surface area (TPSA) is 76.9 Å². The van der Waals surface area contributed by atoms with Crippen molar-refractivity contribution in [2.24, 2.45) is 13.0 Å². The van der Waals surface area contributed by atoms with E-state index in [0.29, 0.717) is 0 Å². The summed E-state index contributed by atoms with van der Waals surface area (Å²) in [5.41, 5.74) is 0. The van der Waals surface area contributed by atoms with E-state index in [4.69, 9.17) is 0 Å². The second kappa shape index (κ2) is 8.26. The van der Waals surface area contributed by atoms with Crippen LogP contribution in [0.1, 0.15) is 39.4 Å². The Labute approximate surface area is 110 Å². The highest BCUT2D eigenvalue weighted by atomic mass is 32.2. The molecule has 5 nitrogen and oxygen atoms in total. The fourth-order valence-corrected chi connectivity index (χ4v) is 1.36. The molecule has 0 atom stereocenters. The largest absolute Gasteiger partial charge is 0.748 e. The highest BCUT2D eigenvalue weighted by Gasteiger charge is 2.05. The van der Waals surface area contributed by atoms with Crippen LogP contribution < -0.4 is 4.57 Å². The first kappa shape index (κ1) is 17.1. The smallest absolute Gasteiger partial charge is 0.253 e. The maximum atomic E-state index is 9.44. The summed E-state index contributed by atoms with van der Waals surface area (Å²) in [7, 11) is -1.83. The Balaban J connectivity index is 0.000000411. The molecule has 1 aromatic heterocycles. The number of nitrogens with one attached hydrogen (secondary N) is 1. The van der Waals surface area contributed by atoms with Crippen LogP contribution in [0, 0.1) is 5.92 Å². The number of rotatable bonds is 5. The molecule has 0 aliphatic heterocycles. The first-order valence-corrected chi connectivity index (χ1v) is 7.79. The third kappa shape index (κ3) is 9.18. The molecule has 6 heteroatoms. The number of aromatic amines is 1. The van der Waals surface area contributed by atoms with Gasteiger partial charge in [-0.25, -0.2) is 18.0 Å². The van der Waals surface area contributed by atoms with Crippen LogP contribution in [-0.2, 0) is 23.6 Å². The number of H-pyrrole nitrogens is 1. The monoisotopic (exact) mass is 276 g/mol. The van der Waals surface area contributed by atoms with Crippen molar-refractivity contribution in [3.63, 3.8) is 0 Å². The molecule has 0 saturated carbocycles. The zero-order valence-corrected chi connectivity index (χ0v) is 12.5. The minimum absolute atomic E-state index is 0.312. The molecule has 0 spiro atoms. The Morgan fingerprint density at radius 3 is 2.33 bits per heavy atom. The molecule has 0 aliphatic carbocycles. The van der Waals surface area contributed by atoms with Crippen molar-refractivity contribution < 1.29 is 17.5 Å². The summed E-state index contributed by atoms with van der Waals surface area (Å²) in [5, 5.41) is 0. The second-order valence-electron chi connectivity index (χ2n) is 4.65. The molecule has 0 bridgehead atoms. The quantitative estimate of drug-likeness (QED) is 0.652. The highest BCUT2D eigenvalue weighted by Crippen LogP contribution is 2.05. The predicted molar refractivity (Wildman–Crippen MR) is 70.0 cm³/mol. The maximum Gasteiger partial charge on any atom is 0.253 e. The van der Waals surface area contributed by atoms with Crippen LogP contribution in [0.5, 0.6) is 0 Å². The van der Waals surface area contributed by atoms with E-state index in [1.165, 1.54) is 32.0 Å². The van der Waals surface area contributed by atoms with E-state index in [1.807, 2.05) is 6.20 Å². The van der Waals surface area contributed by atoms with E-state index < -0.39 is 10.1 Å². The number of aromatic nitrogens is 2. The van der Waals surface area contributed by atoms with Crippen LogP contribution in [0.4, 0.5) is 0 Å². The van der Waals surface area contributed by atoms with Crippen LogP contribution in [0.3, 0.4) is 0 Å². The minimum atomic E-state index is -3.91. The van der Waals surface area contributed by atoms with E-state index >= 15 is 0 Å². The van der Waals surface area contributed by atoms with Crippen molar-refractivity contribution in [3.05, 3.63) is 18.2 Å². The summed E-state index contributed by atoms with van der Waals surface area (Å²) < 4.78 is 30.5. The third-order valence-electron chi connectivity index (χ3n) is 2.52. The zero-order chi connectivity index (χ0) is 14.2. The number of imidazole rings is 1.